The Morgan fingerprint density at radius 2 is 1.59 bits per heavy atom. The van der Waals surface area contributed by atoms with Crippen molar-refractivity contribution in [2.45, 2.75) is 32.1 Å². The first-order valence-corrected chi connectivity index (χ1v) is 8.98. The minimum Gasteiger partial charge on any atom is -0.460 e. The molecule has 152 valence electrons. The van der Waals surface area contributed by atoms with E-state index in [1.807, 2.05) is 13.8 Å². The maximum Gasteiger partial charge on any atom is 0.416 e. The largest absolute Gasteiger partial charge is 0.460 e. The molecular weight excluding hydrogens is 381 g/mol. The minimum absolute atomic E-state index is 0.354. The summed E-state index contributed by atoms with van der Waals surface area (Å²) < 4.78 is 44.1. The lowest BCUT2D eigenvalue weighted by Gasteiger charge is -2.27. The smallest absolute Gasteiger partial charge is 0.416 e. The van der Waals surface area contributed by atoms with Crippen LogP contribution in [0.1, 0.15) is 41.1 Å². The maximum absolute atomic E-state index is 12.7. The first-order chi connectivity index (χ1) is 13.6. The van der Waals surface area contributed by atoms with Gasteiger partial charge in [0.05, 0.1) is 17.7 Å². The first kappa shape index (κ1) is 20.7. The van der Waals surface area contributed by atoms with Crippen LogP contribution in [0, 0.1) is 0 Å². The van der Waals surface area contributed by atoms with Gasteiger partial charge in [0.2, 0.25) is 5.91 Å². The average Bonchev–Trinajstić information content (AvgIpc) is 3.15. The van der Waals surface area contributed by atoms with E-state index < -0.39 is 23.2 Å². The van der Waals surface area contributed by atoms with Gasteiger partial charge in [0, 0.05) is 11.1 Å². The number of rotatable bonds is 6. The Hall–Kier alpha value is -3.06. The molecule has 7 heteroatoms. The van der Waals surface area contributed by atoms with Gasteiger partial charge in [-0.05, 0) is 49.7 Å². The van der Waals surface area contributed by atoms with E-state index in [4.69, 9.17) is 10.2 Å². The number of carbonyl (C=O) groups is 1. The molecule has 1 aromatic heterocycles. The third kappa shape index (κ3) is 4.68. The second-order valence-electron chi connectivity index (χ2n) is 7.23. The van der Waals surface area contributed by atoms with E-state index >= 15 is 0 Å². The van der Waals surface area contributed by atoms with E-state index in [1.165, 1.54) is 12.1 Å². The average molecular weight is 402 g/mol. The van der Waals surface area contributed by atoms with Crippen LogP contribution >= 0.6 is 0 Å². The number of carbonyl (C=O) groups excluding carboxylic acids is 1. The van der Waals surface area contributed by atoms with Crippen molar-refractivity contribution in [3.8, 4) is 11.3 Å². The molecule has 3 N–H and O–H groups in total. The summed E-state index contributed by atoms with van der Waals surface area (Å²) in [6.07, 6.45) is -4.36. The van der Waals surface area contributed by atoms with Gasteiger partial charge in [0.25, 0.3) is 0 Å². The quantitative estimate of drug-likeness (QED) is 0.604. The van der Waals surface area contributed by atoms with Crippen LogP contribution in [0.4, 0.5) is 13.2 Å². The molecule has 0 spiro atoms. The van der Waals surface area contributed by atoms with Crippen LogP contribution in [0.2, 0.25) is 0 Å². The fourth-order valence-corrected chi connectivity index (χ4v) is 3.02. The summed E-state index contributed by atoms with van der Waals surface area (Å²) >= 11 is 0. The van der Waals surface area contributed by atoms with Crippen LogP contribution in [-0.2, 0) is 18.3 Å². The maximum atomic E-state index is 12.7. The standard InChI is InChI=1S/C22H21F3N2O2/c1-21(2,14-7-9-15(10-8-14)22(23,24)25)27-13-16-11-12-19(29-16)17-5-3-4-6-18(17)20(26)28/h3-12,27H,13H2,1-2H3,(H2,26,28). The van der Waals surface area contributed by atoms with Crippen molar-refractivity contribution >= 4 is 5.91 Å². The van der Waals surface area contributed by atoms with E-state index in [2.05, 4.69) is 5.32 Å². The lowest BCUT2D eigenvalue weighted by atomic mass is 9.93. The van der Waals surface area contributed by atoms with Crippen LogP contribution in [-0.4, -0.2) is 5.91 Å². The van der Waals surface area contributed by atoms with Crippen molar-refractivity contribution in [1.82, 2.24) is 5.32 Å². The van der Waals surface area contributed by atoms with Gasteiger partial charge in [-0.25, -0.2) is 0 Å². The molecule has 0 radical (unpaired) electrons. The van der Waals surface area contributed by atoms with Crippen molar-refractivity contribution in [3.05, 3.63) is 83.1 Å². The molecule has 3 aromatic rings. The number of amides is 1. The molecule has 1 heterocycles. The predicted octanol–water partition coefficient (Wildman–Crippen LogP) is 5.09. The van der Waals surface area contributed by atoms with E-state index in [0.717, 1.165) is 17.7 Å². The summed E-state index contributed by atoms with van der Waals surface area (Å²) in [5, 5.41) is 3.29. The Morgan fingerprint density at radius 3 is 2.21 bits per heavy atom. The predicted molar refractivity (Wildman–Crippen MR) is 104 cm³/mol. The molecule has 4 nitrogen and oxygen atoms in total. The zero-order chi connectivity index (χ0) is 21.2. The number of halogens is 3. The topological polar surface area (TPSA) is 68.3 Å². The van der Waals surface area contributed by atoms with Crippen molar-refractivity contribution in [2.24, 2.45) is 5.73 Å². The SMILES string of the molecule is CC(C)(NCc1ccc(-c2ccccc2C(N)=O)o1)c1ccc(C(F)(F)F)cc1. The number of nitrogens with one attached hydrogen (secondary N) is 1. The van der Waals surface area contributed by atoms with Gasteiger partial charge >= 0.3 is 6.18 Å². The molecule has 3 rings (SSSR count). The van der Waals surface area contributed by atoms with Gasteiger partial charge in [0.15, 0.2) is 0 Å². The van der Waals surface area contributed by atoms with E-state index in [-0.39, 0.29) is 0 Å². The van der Waals surface area contributed by atoms with Crippen molar-refractivity contribution in [2.75, 3.05) is 0 Å². The van der Waals surface area contributed by atoms with Crippen molar-refractivity contribution in [1.29, 1.82) is 0 Å². The number of nitrogens with two attached hydrogens (primary N) is 1. The van der Waals surface area contributed by atoms with Crippen molar-refractivity contribution in [3.63, 3.8) is 0 Å². The van der Waals surface area contributed by atoms with Gasteiger partial charge in [-0.15, -0.1) is 0 Å². The summed E-state index contributed by atoms with van der Waals surface area (Å²) in [6, 6.07) is 15.5. The zero-order valence-electron chi connectivity index (χ0n) is 16.0. The van der Waals surface area contributed by atoms with Gasteiger partial charge in [-0.1, -0.05) is 30.3 Å². The van der Waals surface area contributed by atoms with Gasteiger partial charge in [-0.3, -0.25) is 4.79 Å². The molecule has 0 aliphatic heterocycles. The number of primary amides is 1. The van der Waals surface area contributed by atoms with Crippen LogP contribution in [0.3, 0.4) is 0 Å². The molecule has 0 saturated carbocycles. The molecule has 0 saturated heterocycles. The summed E-state index contributed by atoms with van der Waals surface area (Å²) in [4.78, 5) is 11.6. The normalized spacial score (nSPS) is 12.2. The highest BCUT2D eigenvalue weighted by atomic mass is 19.4. The Morgan fingerprint density at radius 1 is 0.966 bits per heavy atom. The van der Waals surface area contributed by atoms with Crippen LogP contribution < -0.4 is 11.1 Å². The third-order valence-corrected chi connectivity index (χ3v) is 4.76. The number of hydrogen-bond donors (Lipinski definition) is 2. The van der Waals surface area contributed by atoms with E-state index in [1.54, 1.807) is 36.4 Å². The highest BCUT2D eigenvalue weighted by molar-refractivity contribution is 5.99. The molecule has 2 aromatic carbocycles. The monoisotopic (exact) mass is 402 g/mol. The molecule has 0 bridgehead atoms. The molecular formula is C22H21F3N2O2. The fraction of sp³-hybridized carbons (Fsp3) is 0.227. The zero-order valence-corrected chi connectivity index (χ0v) is 16.0. The number of hydrogen-bond acceptors (Lipinski definition) is 3. The van der Waals surface area contributed by atoms with Crippen LogP contribution in [0.15, 0.2) is 65.1 Å². The molecule has 29 heavy (non-hydrogen) atoms. The lowest BCUT2D eigenvalue weighted by Crippen LogP contribution is -2.35. The Labute approximate surface area is 166 Å². The Bertz CT molecular complexity index is 1010. The molecule has 0 aliphatic rings. The van der Waals surface area contributed by atoms with Gasteiger partial charge < -0.3 is 15.5 Å². The number of benzene rings is 2. The molecule has 0 atom stereocenters. The molecule has 0 unspecified atom stereocenters. The van der Waals surface area contributed by atoms with Crippen LogP contribution in [0.25, 0.3) is 11.3 Å². The Balaban J connectivity index is 1.73. The van der Waals surface area contributed by atoms with Gasteiger partial charge in [-0.2, -0.15) is 13.2 Å². The summed E-state index contributed by atoms with van der Waals surface area (Å²) in [5.74, 6) is 0.600. The third-order valence-electron chi connectivity index (χ3n) is 4.76. The van der Waals surface area contributed by atoms with Crippen molar-refractivity contribution < 1.29 is 22.4 Å². The highest BCUT2D eigenvalue weighted by Gasteiger charge is 2.31. The summed E-state index contributed by atoms with van der Waals surface area (Å²) in [5.41, 5.74) is 5.84. The second kappa shape index (κ2) is 7.75. The van der Waals surface area contributed by atoms with Gasteiger partial charge in [0.1, 0.15) is 11.5 Å². The number of alkyl halides is 3. The first-order valence-electron chi connectivity index (χ1n) is 8.98. The van der Waals surface area contributed by atoms with E-state index in [9.17, 15) is 18.0 Å². The second-order valence-corrected chi connectivity index (χ2v) is 7.23. The lowest BCUT2D eigenvalue weighted by molar-refractivity contribution is -0.137. The summed E-state index contributed by atoms with van der Waals surface area (Å²) in [7, 11) is 0. The van der Waals surface area contributed by atoms with E-state index in [0.29, 0.717) is 29.2 Å². The number of furan rings is 1. The molecule has 0 aliphatic carbocycles. The minimum atomic E-state index is -4.36. The van der Waals surface area contributed by atoms with Crippen LogP contribution in [0.5, 0.6) is 0 Å². The molecule has 0 fully saturated rings. The molecule has 1 amide bonds. The summed E-state index contributed by atoms with van der Waals surface area (Å²) in [6.45, 7) is 4.11. The Kier molecular flexibility index (Phi) is 5.53. The fourth-order valence-electron chi connectivity index (χ4n) is 3.02. The highest BCUT2D eigenvalue weighted by Crippen LogP contribution is 2.31.